The van der Waals surface area contributed by atoms with Crippen LogP contribution < -0.4 is 5.32 Å². The molecule has 4 aromatic rings. The highest BCUT2D eigenvalue weighted by molar-refractivity contribution is 5.69. The minimum absolute atomic E-state index is 0.339. The van der Waals surface area contributed by atoms with Gasteiger partial charge in [-0.3, -0.25) is 9.38 Å². The van der Waals surface area contributed by atoms with Crippen molar-refractivity contribution in [3.63, 3.8) is 0 Å². The summed E-state index contributed by atoms with van der Waals surface area (Å²) in [6.07, 6.45) is -2.56. The summed E-state index contributed by atoms with van der Waals surface area (Å²) in [5.41, 5.74) is 4.27. The third-order valence-corrected chi connectivity index (χ3v) is 4.75. The van der Waals surface area contributed by atoms with Crippen molar-refractivity contribution in [1.29, 1.82) is 5.26 Å². The summed E-state index contributed by atoms with van der Waals surface area (Å²) in [5, 5.41) is 12.5. The molecule has 3 aromatic heterocycles. The lowest BCUT2D eigenvalue weighted by Gasteiger charge is -2.11. The first-order valence-corrected chi connectivity index (χ1v) is 9.35. The summed E-state index contributed by atoms with van der Waals surface area (Å²) in [5.74, 6) is 0.339. The molecule has 31 heavy (non-hydrogen) atoms. The summed E-state index contributed by atoms with van der Waals surface area (Å²) < 4.78 is 40.3. The van der Waals surface area contributed by atoms with Gasteiger partial charge in [0.05, 0.1) is 45.7 Å². The van der Waals surface area contributed by atoms with Gasteiger partial charge in [-0.1, -0.05) is 0 Å². The molecular formula is C22H17F3N6. The zero-order valence-corrected chi connectivity index (χ0v) is 16.9. The molecule has 0 atom stereocenters. The van der Waals surface area contributed by atoms with Crippen molar-refractivity contribution in [2.75, 3.05) is 5.32 Å². The zero-order chi connectivity index (χ0) is 22.3. The van der Waals surface area contributed by atoms with Crippen LogP contribution >= 0.6 is 0 Å². The highest BCUT2D eigenvalue weighted by Crippen LogP contribution is 2.31. The lowest BCUT2D eigenvalue weighted by Crippen LogP contribution is -2.04. The zero-order valence-electron chi connectivity index (χ0n) is 16.9. The smallest absolute Gasteiger partial charge is 0.340 e. The number of fused-ring (bicyclic) bond motifs is 1. The van der Waals surface area contributed by atoms with Gasteiger partial charge in [0, 0.05) is 11.9 Å². The van der Waals surface area contributed by atoms with Crippen LogP contribution in [0, 0.1) is 32.1 Å². The lowest BCUT2D eigenvalue weighted by atomic mass is 10.1. The molecule has 0 aliphatic rings. The number of anilines is 2. The number of nitrogens with zero attached hydrogens (tertiary/aromatic N) is 5. The maximum atomic E-state index is 12.8. The van der Waals surface area contributed by atoms with Crippen LogP contribution in [-0.4, -0.2) is 19.4 Å². The highest BCUT2D eigenvalue weighted by Gasteiger charge is 2.30. The summed E-state index contributed by atoms with van der Waals surface area (Å²) >= 11 is 0. The van der Waals surface area contributed by atoms with E-state index in [0.29, 0.717) is 28.4 Å². The number of alkyl halides is 3. The van der Waals surface area contributed by atoms with Crippen LogP contribution in [0.2, 0.25) is 0 Å². The average Bonchev–Trinajstić information content (AvgIpc) is 3.03. The van der Waals surface area contributed by atoms with Crippen molar-refractivity contribution in [1.82, 2.24) is 19.4 Å². The molecule has 156 valence electrons. The minimum Gasteiger partial charge on any atom is -0.340 e. The molecule has 0 fully saturated rings. The van der Waals surface area contributed by atoms with E-state index >= 15 is 0 Å². The largest absolute Gasteiger partial charge is 0.416 e. The van der Waals surface area contributed by atoms with Crippen LogP contribution in [0.5, 0.6) is 0 Å². The molecule has 9 heteroatoms. The molecule has 0 radical (unpaired) electrons. The van der Waals surface area contributed by atoms with E-state index in [-0.39, 0.29) is 0 Å². The molecule has 6 nitrogen and oxygen atoms in total. The lowest BCUT2D eigenvalue weighted by molar-refractivity contribution is -0.137. The van der Waals surface area contributed by atoms with Crippen molar-refractivity contribution >= 4 is 17.2 Å². The molecule has 0 amide bonds. The van der Waals surface area contributed by atoms with Gasteiger partial charge in [-0.25, -0.2) is 9.97 Å². The van der Waals surface area contributed by atoms with Crippen molar-refractivity contribution < 1.29 is 13.2 Å². The van der Waals surface area contributed by atoms with E-state index in [9.17, 15) is 18.4 Å². The number of aromatic nitrogens is 4. The van der Waals surface area contributed by atoms with Crippen LogP contribution in [0.3, 0.4) is 0 Å². The summed E-state index contributed by atoms with van der Waals surface area (Å²) in [6, 6.07) is 9.92. The van der Waals surface area contributed by atoms with Crippen LogP contribution in [0.25, 0.3) is 17.0 Å². The van der Waals surface area contributed by atoms with Crippen LogP contribution in [0.15, 0.2) is 42.6 Å². The van der Waals surface area contributed by atoms with Gasteiger partial charge in [0.15, 0.2) is 5.65 Å². The van der Waals surface area contributed by atoms with Gasteiger partial charge in [0.25, 0.3) is 0 Å². The van der Waals surface area contributed by atoms with Crippen molar-refractivity contribution in [2.24, 2.45) is 0 Å². The number of hydrogen-bond acceptors (Lipinski definition) is 5. The Labute approximate surface area is 176 Å². The van der Waals surface area contributed by atoms with E-state index in [4.69, 9.17) is 0 Å². The Kier molecular flexibility index (Phi) is 4.85. The first kappa shape index (κ1) is 20.3. The minimum atomic E-state index is -4.41. The SMILES string of the molecule is Cc1cn2c(-c3cc(C#N)cc(Nc4ccc(C(F)(F)F)cc4)n3)c(C)nc2c(C)n1. The van der Waals surface area contributed by atoms with E-state index in [0.717, 1.165) is 34.9 Å². The quantitative estimate of drug-likeness (QED) is 0.481. The molecule has 0 saturated carbocycles. The molecule has 1 N–H and O–H groups in total. The van der Waals surface area contributed by atoms with Gasteiger partial charge in [0.1, 0.15) is 5.82 Å². The highest BCUT2D eigenvalue weighted by atomic mass is 19.4. The molecule has 0 bridgehead atoms. The van der Waals surface area contributed by atoms with Gasteiger partial charge in [-0.2, -0.15) is 18.4 Å². The predicted molar refractivity (Wildman–Crippen MR) is 110 cm³/mol. The van der Waals surface area contributed by atoms with Crippen LogP contribution in [-0.2, 0) is 6.18 Å². The predicted octanol–water partition coefficient (Wildman–Crippen LogP) is 5.35. The first-order valence-electron chi connectivity index (χ1n) is 9.35. The van der Waals surface area contributed by atoms with Crippen molar-refractivity contribution in [3.05, 3.63) is 70.8 Å². The number of imidazole rings is 1. The number of pyridine rings is 1. The van der Waals surface area contributed by atoms with Gasteiger partial charge >= 0.3 is 6.18 Å². The van der Waals surface area contributed by atoms with Gasteiger partial charge < -0.3 is 5.32 Å². The number of halogens is 3. The second-order valence-electron chi connectivity index (χ2n) is 7.15. The Hall–Kier alpha value is -3.93. The number of nitrogens with one attached hydrogen (secondary N) is 1. The van der Waals surface area contributed by atoms with E-state index in [1.54, 1.807) is 6.07 Å². The Balaban J connectivity index is 1.79. The fourth-order valence-electron chi connectivity index (χ4n) is 3.44. The first-order chi connectivity index (χ1) is 14.7. The molecular weight excluding hydrogens is 405 g/mol. The third-order valence-electron chi connectivity index (χ3n) is 4.75. The molecule has 4 rings (SSSR count). The topological polar surface area (TPSA) is 78.9 Å². The van der Waals surface area contributed by atoms with Gasteiger partial charge in [-0.05, 0) is 57.2 Å². The fourth-order valence-corrected chi connectivity index (χ4v) is 3.44. The Bertz CT molecular complexity index is 1330. The number of nitriles is 1. The Morgan fingerprint density at radius 1 is 0.968 bits per heavy atom. The van der Waals surface area contributed by atoms with E-state index in [1.807, 2.05) is 31.4 Å². The molecule has 0 aliphatic heterocycles. The molecule has 0 unspecified atom stereocenters. The van der Waals surface area contributed by atoms with E-state index in [2.05, 4.69) is 26.3 Å². The standard InChI is InChI=1S/C22H17F3N6/c1-12-11-31-20(13(2)28-21(31)14(3)27-12)18-8-15(10-26)9-19(30-18)29-17-6-4-16(5-7-17)22(23,24)25/h4-9,11H,1-3H3,(H,29,30). The van der Waals surface area contributed by atoms with Crippen molar-refractivity contribution in [3.8, 4) is 17.5 Å². The number of benzene rings is 1. The molecule has 0 spiro atoms. The van der Waals surface area contributed by atoms with E-state index in [1.165, 1.54) is 18.2 Å². The molecule has 3 heterocycles. The van der Waals surface area contributed by atoms with Gasteiger partial charge in [-0.15, -0.1) is 0 Å². The normalized spacial score (nSPS) is 11.5. The monoisotopic (exact) mass is 422 g/mol. The van der Waals surface area contributed by atoms with Gasteiger partial charge in [0.2, 0.25) is 0 Å². The van der Waals surface area contributed by atoms with Crippen molar-refractivity contribution in [2.45, 2.75) is 26.9 Å². The Morgan fingerprint density at radius 3 is 2.32 bits per heavy atom. The maximum Gasteiger partial charge on any atom is 0.416 e. The van der Waals surface area contributed by atoms with Crippen LogP contribution in [0.1, 0.15) is 28.2 Å². The molecule has 0 aliphatic carbocycles. The summed E-state index contributed by atoms with van der Waals surface area (Å²) in [4.78, 5) is 13.6. The van der Waals surface area contributed by atoms with E-state index < -0.39 is 11.7 Å². The fraction of sp³-hybridized carbons (Fsp3) is 0.182. The summed E-state index contributed by atoms with van der Waals surface area (Å²) in [6.45, 7) is 5.60. The average molecular weight is 422 g/mol. The molecule has 1 aromatic carbocycles. The number of hydrogen-bond donors (Lipinski definition) is 1. The molecule has 0 saturated heterocycles. The third kappa shape index (κ3) is 3.92. The van der Waals surface area contributed by atoms with Crippen LogP contribution in [0.4, 0.5) is 24.7 Å². The number of rotatable bonds is 3. The Morgan fingerprint density at radius 2 is 1.68 bits per heavy atom. The summed E-state index contributed by atoms with van der Waals surface area (Å²) in [7, 11) is 0. The maximum absolute atomic E-state index is 12.8. The second kappa shape index (κ2) is 7.40. The number of aryl methyl sites for hydroxylation is 3. The second-order valence-corrected chi connectivity index (χ2v) is 7.15.